The van der Waals surface area contributed by atoms with Gasteiger partial charge >= 0.3 is 6.03 Å². The van der Waals surface area contributed by atoms with Crippen LogP contribution in [0.3, 0.4) is 0 Å². The normalized spacial score (nSPS) is 17.3. The predicted molar refractivity (Wildman–Crippen MR) is 86.0 cm³/mol. The number of carbonyl (C=O) groups is 1. The Bertz CT molecular complexity index is 646. The van der Waals surface area contributed by atoms with E-state index in [9.17, 15) is 4.79 Å². The summed E-state index contributed by atoms with van der Waals surface area (Å²) in [6.07, 6.45) is 2.69. The van der Waals surface area contributed by atoms with Crippen LogP contribution < -0.4 is 15.5 Å². The van der Waals surface area contributed by atoms with Crippen LogP contribution in [0.1, 0.15) is 12.1 Å². The van der Waals surface area contributed by atoms with Crippen molar-refractivity contribution >= 4 is 17.7 Å². The Hall–Kier alpha value is -2.63. The number of nitrogens with zero attached hydrogens (tertiary/aromatic N) is 3. The lowest BCUT2D eigenvalue weighted by atomic mass is 10.3. The standard InChI is InChI=1S/C16H19N5O/c1-12-5-4-6-14(18-12)20-16(22)19-13-8-10-21(11-13)15-7-2-3-9-17-15/h2-7,9,13H,8,10-11H2,1H3,(H2,18,19,20,22). The van der Waals surface area contributed by atoms with E-state index in [2.05, 4.69) is 25.5 Å². The summed E-state index contributed by atoms with van der Waals surface area (Å²) in [7, 11) is 0. The molecule has 2 N–H and O–H groups in total. The minimum atomic E-state index is -0.217. The van der Waals surface area contributed by atoms with Gasteiger partial charge in [-0.15, -0.1) is 0 Å². The summed E-state index contributed by atoms with van der Waals surface area (Å²) in [5.74, 6) is 1.52. The molecule has 1 aliphatic rings. The third-order valence-corrected chi connectivity index (χ3v) is 3.63. The highest BCUT2D eigenvalue weighted by molar-refractivity contribution is 5.88. The van der Waals surface area contributed by atoms with Gasteiger partial charge in [-0.25, -0.2) is 14.8 Å². The molecule has 3 heterocycles. The first-order valence-electron chi connectivity index (χ1n) is 7.38. The number of aromatic nitrogens is 2. The molecule has 22 heavy (non-hydrogen) atoms. The van der Waals surface area contributed by atoms with E-state index < -0.39 is 0 Å². The first kappa shape index (κ1) is 14.3. The van der Waals surface area contributed by atoms with Crippen molar-refractivity contribution in [2.75, 3.05) is 23.3 Å². The number of anilines is 2. The van der Waals surface area contributed by atoms with Crippen molar-refractivity contribution < 1.29 is 4.79 Å². The van der Waals surface area contributed by atoms with E-state index in [1.807, 2.05) is 37.3 Å². The molecule has 6 nitrogen and oxygen atoms in total. The number of amides is 2. The minimum absolute atomic E-state index is 0.117. The molecule has 0 radical (unpaired) electrons. The molecule has 3 rings (SSSR count). The molecule has 1 fully saturated rings. The zero-order chi connectivity index (χ0) is 15.4. The van der Waals surface area contributed by atoms with Gasteiger partial charge in [-0.3, -0.25) is 5.32 Å². The highest BCUT2D eigenvalue weighted by Gasteiger charge is 2.24. The minimum Gasteiger partial charge on any atom is -0.354 e. The Balaban J connectivity index is 1.53. The number of nitrogens with one attached hydrogen (secondary N) is 2. The van der Waals surface area contributed by atoms with E-state index >= 15 is 0 Å². The fourth-order valence-electron chi connectivity index (χ4n) is 2.58. The monoisotopic (exact) mass is 297 g/mol. The number of aryl methyl sites for hydroxylation is 1. The van der Waals surface area contributed by atoms with Gasteiger partial charge in [0.25, 0.3) is 0 Å². The Morgan fingerprint density at radius 2 is 2.18 bits per heavy atom. The van der Waals surface area contributed by atoms with Crippen molar-refractivity contribution in [3.63, 3.8) is 0 Å². The van der Waals surface area contributed by atoms with E-state index in [0.717, 1.165) is 31.0 Å². The maximum Gasteiger partial charge on any atom is 0.320 e. The van der Waals surface area contributed by atoms with Crippen molar-refractivity contribution in [3.8, 4) is 0 Å². The summed E-state index contributed by atoms with van der Waals surface area (Å²) >= 11 is 0. The predicted octanol–water partition coefficient (Wildman–Crippen LogP) is 2.19. The zero-order valence-electron chi connectivity index (χ0n) is 12.5. The van der Waals surface area contributed by atoms with Gasteiger partial charge in [0.05, 0.1) is 0 Å². The maximum atomic E-state index is 12.0. The summed E-state index contributed by atoms with van der Waals surface area (Å²) in [5, 5.41) is 5.76. The molecule has 1 unspecified atom stereocenters. The van der Waals surface area contributed by atoms with Crippen LogP contribution in [0.5, 0.6) is 0 Å². The van der Waals surface area contributed by atoms with Crippen molar-refractivity contribution in [2.24, 2.45) is 0 Å². The molecule has 1 atom stereocenters. The van der Waals surface area contributed by atoms with Crippen molar-refractivity contribution in [2.45, 2.75) is 19.4 Å². The maximum absolute atomic E-state index is 12.0. The molecule has 0 aliphatic carbocycles. The average molecular weight is 297 g/mol. The number of rotatable bonds is 3. The molecule has 1 saturated heterocycles. The Kier molecular flexibility index (Phi) is 4.18. The Morgan fingerprint density at radius 1 is 1.27 bits per heavy atom. The van der Waals surface area contributed by atoms with E-state index in [1.165, 1.54) is 0 Å². The van der Waals surface area contributed by atoms with Gasteiger partial charge in [0.1, 0.15) is 11.6 Å². The molecule has 0 saturated carbocycles. The lowest BCUT2D eigenvalue weighted by molar-refractivity contribution is 0.249. The second kappa shape index (κ2) is 6.43. The summed E-state index contributed by atoms with van der Waals surface area (Å²) in [6, 6.07) is 11.3. The zero-order valence-corrected chi connectivity index (χ0v) is 12.5. The van der Waals surface area contributed by atoms with Crippen LogP contribution in [0.2, 0.25) is 0 Å². The van der Waals surface area contributed by atoms with Crippen molar-refractivity contribution in [3.05, 3.63) is 48.3 Å². The van der Waals surface area contributed by atoms with Gasteiger partial charge in [-0.05, 0) is 37.6 Å². The molecule has 6 heteroatoms. The third kappa shape index (κ3) is 3.52. The Morgan fingerprint density at radius 3 is 2.95 bits per heavy atom. The first-order valence-corrected chi connectivity index (χ1v) is 7.38. The van der Waals surface area contributed by atoms with Crippen LogP contribution in [0.4, 0.5) is 16.4 Å². The molecule has 0 bridgehead atoms. The number of pyridine rings is 2. The van der Waals surface area contributed by atoms with Gasteiger partial charge < -0.3 is 10.2 Å². The molecule has 2 aromatic heterocycles. The molecule has 2 amide bonds. The first-order chi connectivity index (χ1) is 10.7. The van der Waals surface area contributed by atoms with Gasteiger partial charge in [0.15, 0.2) is 0 Å². The smallest absolute Gasteiger partial charge is 0.320 e. The van der Waals surface area contributed by atoms with Crippen LogP contribution in [-0.2, 0) is 0 Å². The molecular formula is C16H19N5O. The third-order valence-electron chi connectivity index (χ3n) is 3.63. The van der Waals surface area contributed by atoms with E-state index in [4.69, 9.17) is 0 Å². The Labute approximate surface area is 129 Å². The van der Waals surface area contributed by atoms with Crippen LogP contribution >= 0.6 is 0 Å². The lowest BCUT2D eigenvalue weighted by Gasteiger charge is -2.17. The quantitative estimate of drug-likeness (QED) is 0.911. The number of hydrogen-bond acceptors (Lipinski definition) is 4. The number of hydrogen-bond donors (Lipinski definition) is 2. The SMILES string of the molecule is Cc1cccc(NC(=O)NC2CCN(c3ccccn3)C2)n1. The molecule has 1 aliphatic heterocycles. The summed E-state index contributed by atoms with van der Waals surface area (Å²) in [6.45, 7) is 3.56. The summed E-state index contributed by atoms with van der Waals surface area (Å²) in [4.78, 5) is 22.8. The van der Waals surface area contributed by atoms with E-state index in [-0.39, 0.29) is 12.1 Å². The van der Waals surface area contributed by atoms with E-state index in [0.29, 0.717) is 5.82 Å². The highest BCUT2D eigenvalue weighted by atomic mass is 16.2. The topological polar surface area (TPSA) is 70.2 Å². The second-order valence-corrected chi connectivity index (χ2v) is 5.38. The van der Waals surface area contributed by atoms with Crippen LogP contribution in [-0.4, -0.2) is 35.1 Å². The summed E-state index contributed by atoms with van der Waals surface area (Å²) in [5.41, 5.74) is 0.875. The summed E-state index contributed by atoms with van der Waals surface area (Å²) < 4.78 is 0. The average Bonchev–Trinajstić information content (AvgIpc) is 2.96. The number of urea groups is 1. The van der Waals surface area contributed by atoms with Gasteiger partial charge in [-0.2, -0.15) is 0 Å². The molecule has 114 valence electrons. The van der Waals surface area contributed by atoms with Gasteiger partial charge in [-0.1, -0.05) is 12.1 Å². The van der Waals surface area contributed by atoms with E-state index in [1.54, 1.807) is 12.3 Å². The van der Waals surface area contributed by atoms with Gasteiger partial charge in [0, 0.05) is 31.0 Å². The molecule has 0 aromatic carbocycles. The largest absolute Gasteiger partial charge is 0.354 e. The second-order valence-electron chi connectivity index (χ2n) is 5.38. The fraction of sp³-hybridized carbons (Fsp3) is 0.312. The molecular weight excluding hydrogens is 278 g/mol. The van der Waals surface area contributed by atoms with Crippen LogP contribution in [0, 0.1) is 6.92 Å². The number of carbonyl (C=O) groups excluding carboxylic acids is 1. The molecule has 2 aromatic rings. The molecule has 0 spiro atoms. The highest BCUT2D eigenvalue weighted by Crippen LogP contribution is 2.17. The van der Waals surface area contributed by atoms with Crippen molar-refractivity contribution in [1.29, 1.82) is 0 Å². The van der Waals surface area contributed by atoms with Crippen LogP contribution in [0.25, 0.3) is 0 Å². The van der Waals surface area contributed by atoms with Crippen molar-refractivity contribution in [1.82, 2.24) is 15.3 Å². The lowest BCUT2D eigenvalue weighted by Crippen LogP contribution is -2.40. The fourth-order valence-corrected chi connectivity index (χ4v) is 2.58. The van der Waals surface area contributed by atoms with Gasteiger partial charge in [0.2, 0.25) is 0 Å². The van der Waals surface area contributed by atoms with Crippen LogP contribution in [0.15, 0.2) is 42.6 Å².